The normalized spacial score (nSPS) is 14.9. The zero-order chi connectivity index (χ0) is 13.2. The number of halogens is 2. The molecule has 5 heteroatoms. The Hall–Kier alpha value is -1.13. The number of hydrogen-bond donors (Lipinski definition) is 0. The molecule has 19 heavy (non-hydrogen) atoms. The van der Waals surface area contributed by atoms with Gasteiger partial charge in [0.1, 0.15) is 17.3 Å². The van der Waals surface area contributed by atoms with Crippen molar-refractivity contribution in [3.63, 3.8) is 0 Å². The van der Waals surface area contributed by atoms with Gasteiger partial charge in [0.25, 0.3) is 0 Å². The summed E-state index contributed by atoms with van der Waals surface area (Å²) < 4.78 is 0.774. The first-order chi connectivity index (χ1) is 9.25. The van der Waals surface area contributed by atoms with Crippen molar-refractivity contribution in [1.82, 2.24) is 9.97 Å². The summed E-state index contributed by atoms with van der Waals surface area (Å²) >= 11 is 9.53. The fraction of sp³-hybridized carbons (Fsp3) is 0.286. The van der Waals surface area contributed by atoms with Crippen molar-refractivity contribution in [2.24, 2.45) is 0 Å². The van der Waals surface area contributed by atoms with Gasteiger partial charge in [0.15, 0.2) is 0 Å². The molecule has 1 aliphatic heterocycles. The van der Waals surface area contributed by atoms with Crippen LogP contribution in [0.15, 0.2) is 35.1 Å². The van der Waals surface area contributed by atoms with Crippen LogP contribution in [0.5, 0.6) is 0 Å². The summed E-state index contributed by atoms with van der Waals surface area (Å²) in [6, 6.07) is 8.58. The molecule has 0 fully saturated rings. The lowest BCUT2D eigenvalue weighted by Crippen LogP contribution is -2.24. The van der Waals surface area contributed by atoms with E-state index in [1.165, 1.54) is 17.5 Å². The Morgan fingerprint density at radius 3 is 2.79 bits per heavy atom. The van der Waals surface area contributed by atoms with Gasteiger partial charge < -0.3 is 4.90 Å². The van der Waals surface area contributed by atoms with E-state index in [-0.39, 0.29) is 0 Å². The minimum atomic E-state index is 0.461. The SMILES string of the molecule is Clc1ncnc(N2CCCc3ccccc3C2)c1Br. The van der Waals surface area contributed by atoms with Gasteiger partial charge in [-0.05, 0) is 39.9 Å². The minimum Gasteiger partial charge on any atom is -0.351 e. The largest absolute Gasteiger partial charge is 0.351 e. The number of fused-ring (bicyclic) bond motifs is 1. The highest BCUT2D eigenvalue weighted by atomic mass is 79.9. The van der Waals surface area contributed by atoms with Gasteiger partial charge in [-0.3, -0.25) is 0 Å². The van der Waals surface area contributed by atoms with Crippen LogP contribution in [0.3, 0.4) is 0 Å². The maximum absolute atomic E-state index is 6.05. The predicted molar refractivity (Wildman–Crippen MR) is 80.6 cm³/mol. The van der Waals surface area contributed by atoms with Gasteiger partial charge in [0.2, 0.25) is 0 Å². The lowest BCUT2D eigenvalue weighted by Gasteiger charge is -2.23. The first-order valence-corrected chi connectivity index (χ1v) is 7.40. The highest BCUT2D eigenvalue weighted by Gasteiger charge is 2.18. The summed E-state index contributed by atoms with van der Waals surface area (Å²) in [6.07, 6.45) is 3.74. The van der Waals surface area contributed by atoms with Gasteiger partial charge in [-0.1, -0.05) is 35.9 Å². The van der Waals surface area contributed by atoms with Crippen LogP contribution in [-0.2, 0) is 13.0 Å². The number of benzene rings is 1. The van der Waals surface area contributed by atoms with Crippen LogP contribution in [0.4, 0.5) is 5.82 Å². The van der Waals surface area contributed by atoms with Crippen LogP contribution in [0.25, 0.3) is 0 Å². The molecule has 0 N–H and O–H groups in total. The second-order valence-electron chi connectivity index (χ2n) is 4.60. The zero-order valence-electron chi connectivity index (χ0n) is 10.3. The molecule has 2 heterocycles. The van der Waals surface area contributed by atoms with E-state index in [9.17, 15) is 0 Å². The fourth-order valence-electron chi connectivity index (χ4n) is 2.44. The van der Waals surface area contributed by atoms with E-state index < -0.39 is 0 Å². The molecule has 98 valence electrons. The molecule has 0 atom stereocenters. The van der Waals surface area contributed by atoms with E-state index in [4.69, 9.17) is 11.6 Å². The molecule has 2 aromatic rings. The third-order valence-electron chi connectivity index (χ3n) is 3.38. The third-order valence-corrected chi connectivity index (χ3v) is 4.63. The van der Waals surface area contributed by atoms with Crippen LogP contribution >= 0.6 is 27.5 Å². The Morgan fingerprint density at radius 2 is 1.95 bits per heavy atom. The monoisotopic (exact) mass is 337 g/mol. The molecule has 0 unspecified atom stereocenters. The molecule has 0 saturated carbocycles. The predicted octanol–water partition coefficient (Wildman–Crippen LogP) is 3.85. The maximum Gasteiger partial charge on any atom is 0.148 e. The molecule has 1 aliphatic rings. The van der Waals surface area contributed by atoms with Crippen LogP contribution in [0, 0.1) is 0 Å². The minimum absolute atomic E-state index is 0.461. The molecule has 1 aromatic heterocycles. The quantitative estimate of drug-likeness (QED) is 0.740. The van der Waals surface area contributed by atoms with Crippen molar-refractivity contribution in [2.45, 2.75) is 19.4 Å². The van der Waals surface area contributed by atoms with E-state index in [0.717, 1.165) is 36.2 Å². The number of rotatable bonds is 1. The van der Waals surface area contributed by atoms with Gasteiger partial charge in [0, 0.05) is 13.1 Å². The second-order valence-corrected chi connectivity index (χ2v) is 5.75. The smallest absolute Gasteiger partial charge is 0.148 e. The number of aryl methyl sites for hydroxylation is 1. The van der Waals surface area contributed by atoms with Gasteiger partial charge >= 0.3 is 0 Å². The molecule has 0 aliphatic carbocycles. The Morgan fingerprint density at radius 1 is 1.16 bits per heavy atom. The van der Waals surface area contributed by atoms with Crippen LogP contribution in [-0.4, -0.2) is 16.5 Å². The average Bonchev–Trinajstić information content (AvgIpc) is 2.64. The average molecular weight is 339 g/mol. The van der Waals surface area contributed by atoms with Crippen LogP contribution in [0.2, 0.25) is 5.15 Å². The molecule has 0 spiro atoms. The van der Waals surface area contributed by atoms with E-state index >= 15 is 0 Å². The molecular formula is C14H13BrClN3. The summed E-state index contributed by atoms with van der Waals surface area (Å²) in [4.78, 5) is 10.6. The van der Waals surface area contributed by atoms with Gasteiger partial charge in [-0.25, -0.2) is 9.97 Å². The van der Waals surface area contributed by atoms with Crippen molar-refractivity contribution in [3.8, 4) is 0 Å². The molecule has 3 rings (SSSR count). The van der Waals surface area contributed by atoms with Crippen molar-refractivity contribution >= 4 is 33.3 Å². The molecule has 0 bridgehead atoms. The highest BCUT2D eigenvalue weighted by molar-refractivity contribution is 9.10. The summed E-state index contributed by atoms with van der Waals surface area (Å²) in [5.41, 5.74) is 2.79. The Kier molecular flexibility index (Phi) is 3.71. The van der Waals surface area contributed by atoms with Crippen LogP contribution in [0.1, 0.15) is 17.5 Å². The Bertz CT molecular complexity index is 603. The molecule has 0 radical (unpaired) electrons. The molecule has 0 saturated heterocycles. The van der Waals surface area contributed by atoms with Crippen LogP contribution < -0.4 is 4.90 Å². The molecule has 3 nitrogen and oxygen atoms in total. The fourth-order valence-corrected chi connectivity index (χ4v) is 3.03. The number of nitrogens with zero attached hydrogens (tertiary/aromatic N) is 3. The van der Waals surface area contributed by atoms with E-state index in [1.54, 1.807) is 0 Å². The number of hydrogen-bond acceptors (Lipinski definition) is 3. The summed E-state index contributed by atoms with van der Waals surface area (Å²) in [7, 11) is 0. The topological polar surface area (TPSA) is 29.0 Å². The van der Waals surface area contributed by atoms with Crippen molar-refractivity contribution < 1.29 is 0 Å². The van der Waals surface area contributed by atoms with E-state index in [1.807, 2.05) is 0 Å². The molecule has 0 amide bonds. The highest BCUT2D eigenvalue weighted by Crippen LogP contribution is 2.31. The number of anilines is 1. The summed E-state index contributed by atoms with van der Waals surface area (Å²) in [6.45, 7) is 1.84. The lowest BCUT2D eigenvalue weighted by molar-refractivity contribution is 0.750. The maximum atomic E-state index is 6.05. The zero-order valence-corrected chi connectivity index (χ0v) is 12.7. The second kappa shape index (κ2) is 5.47. The standard InChI is InChI=1S/C14H13BrClN3/c15-12-13(16)17-9-18-14(12)19-7-3-6-10-4-1-2-5-11(10)8-19/h1-2,4-5,9H,3,6-8H2. The van der Waals surface area contributed by atoms with E-state index in [2.05, 4.69) is 55.1 Å². The van der Waals surface area contributed by atoms with Crippen molar-refractivity contribution in [3.05, 3.63) is 51.3 Å². The van der Waals surface area contributed by atoms with Gasteiger partial charge in [-0.15, -0.1) is 0 Å². The van der Waals surface area contributed by atoms with Gasteiger partial charge in [-0.2, -0.15) is 0 Å². The summed E-state index contributed by atoms with van der Waals surface area (Å²) in [5, 5.41) is 0.461. The first kappa shape index (κ1) is 12.9. The number of aromatic nitrogens is 2. The lowest BCUT2D eigenvalue weighted by atomic mass is 10.0. The molecule has 1 aromatic carbocycles. The van der Waals surface area contributed by atoms with Gasteiger partial charge in [0.05, 0.1) is 4.47 Å². The summed E-state index contributed by atoms with van der Waals surface area (Å²) in [5.74, 6) is 0.872. The van der Waals surface area contributed by atoms with E-state index in [0.29, 0.717) is 5.15 Å². The van der Waals surface area contributed by atoms with Crippen molar-refractivity contribution in [2.75, 3.05) is 11.4 Å². The first-order valence-electron chi connectivity index (χ1n) is 6.23. The van der Waals surface area contributed by atoms with Crippen molar-refractivity contribution in [1.29, 1.82) is 0 Å². The molecular weight excluding hydrogens is 326 g/mol. The Balaban J connectivity index is 1.96. The third kappa shape index (κ3) is 2.60. The Labute approximate surface area is 125 Å².